The molecule has 0 spiro atoms. The Bertz CT molecular complexity index is 1200. The summed E-state index contributed by atoms with van der Waals surface area (Å²) < 4.78 is 83.6. The Hall–Kier alpha value is -3.75. The van der Waals surface area contributed by atoms with Crippen LogP contribution >= 0.6 is 0 Å². The highest BCUT2D eigenvalue weighted by molar-refractivity contribution is 5.72. The molecule has 0 aliphatic carbocycles. The number of rotatable bonds is 7. The van der Waals surface area contributed by atoms with Crippen LogP contribution in [0, 0.1) is 0 Å². The first-order valence-electron chi connectivity index (χ1n) is 9.92. The fraction of sp³-hybridized carbons (Fsp3) is 0.160. The van der Waals surface area contributed by atoms with Crippen LogP contribution in [0.4, 0.5) is 26.3 Å². The quantitative estimate of drug-likeness (QED) is 0.367. The van der Waals surface area contributed by atoms with E-state index in [0.29, 0.717) is 17.4 Å². The molecule has 0 heterocycles. The summed E-state index contributed by atoms with van der Waals surface area (Å²) in [4.78, 5) is 10.9. The second-order valence-corrected chi connectivity index (χ2v) is 7.31. The van der Waals surface area contributed by atoms with Gasteiger partial charge in [-0.05, 0) is 52.6 Å². The van der Waals surface area contributed by atoms with Gasteiger partial charge in [0.05, 0.1) is 17.5 Å². The summed E-state index contributed by atoms with van der Waals surface area (Å²) in [5.41, 5.74) is -1.04. The largest absolute Gasteiger partial charge is 0.490 e. The molecule has 0 amide bonds. The van der Waals surface area contributed by atoms with Crippen LogP contribution < -0.4 is 4.74 Å². The molecule has 3 rings (SSSR count). The van der Waals surface area contributed by atoms with E-state index in [1.165, 1.54) is 6.08 Å². The van der Waals surface area contributed by atoms with Gasteiger partial charge >= 0.3 is 18.3 Å². The van der Waals surface area contributed by atoms with Crippen molar-refractivity contribution in [1.29, 1.82) is 0 Å². The standard InChI is InChI=1S/C25H18F6O3/c26-24(27,28)20-10-9-17(22(15-20)25(29,30)31)7-3-11-34-21-8-2-6-19(14-21)18-5-1-4-16(12-18)13-23(32)33/h1-10,12,14-15H,11,13H2,(H,32,33)/b7-3+. The number of carbonyl (C=O) groups is 1. The predicted molar refractivity (Wildman–Crippen MR) is 114 cm³/mol. The van der Waals surface area contributed by atoms with Crippen LogP contribution in [0.2, 0.25) is 0 Å². The molecule has 9 heteroatoms. The lowest BCUT2D eigenvalue weighted by Gasteiger charge is -2.14. The molecule has 0 aromatic heterocycles. The highest BCUT2D eigenvalue weighted by Gasteiger charge is 2.37. The van der Waals surface area contributed by atoms with Gasteiger partial charge in [-0.15, -0.1) is 0 Å². The predicted octanol–water partition coefficient (Wildman–Crippen LogP) is 7.11. The average molecular weight is 480 g/mol. The molecule has 0 fully saturated rings. The van der Waals surface area contributed by atoms with Crippen LogP contribution in [0.3, 0.4) is 0 Å². The number of alkyl halides is 6. The van der Waals surface area contributed by atoms with Crippen molar-refractivity contribution in [2.75, 3.05) is 6.61 Å². The van der Waals surface area contributed by atoms with Crippen LogP contribution in [0.25, 0.3) is 17.2 Å². The van der Waals surface area contributed by atoms with Crippen LogP contribution in [0.5, 0.6) is 5.75 Å². The molecule has 3 aromatic rings. The minimum absolute atomic E-state index is 0.0858. The third-order valence-corrected chi connectivity index (χ3v) is 4.78. The van der Waals surface area contributed by atoms with Gasteiger partial charge in [-0.1, -0.05) is 48.5 Å². The SMILES string of the molecule is O=C(O)Cc1cccc(-c2cccc(OC/C=C/c3ccc(C(F)(F)F)cc3C(F)(F)F)c2)c1. The zero-order valence-corrected chi connectivity index (χ0v) is 17.5. The molecule has 178 valence electrons. The maximum atomic E-state index is 13.2. The summed E-state index contributed by atoms with van der Waals surface area (Å²) in [7, 11) is 0. The molecule has 0 saturated heterocycles. The molecule has 0 radical (unpaired) electrons. The van der Waals surface area contributed by atoms with Crippen molar-refractivity contribution in [3.05, 3.63) is 95.1 Å². The van der Waals surface area contributed by atoms with Crippen molar-refractivity contribution in [2.45, 2.75) is 18.8 Å². The first kappa shape index (κ1) is 24.9. The Morgan fingerprint density at radius 1 is 0.853 bits per heavy atom. The van der Waals surface area contributed by atoms with Gasteiger partial charge in [0, 0.05) is 0 Å². The van der Waals surface area contributed by atoms with Gasteiger partial charge < -0.3 is 9.84 Å². The Morgan fingerprint density at radius 3 is 2.18 bits per heavy atom. The van der Waals surface area contributed by atoms with Crippen molar-refractivity contribution in [2.24, 2.45) is 0 Å². The number of halogens is 6. The van der Waals surface area contributed by atoms with Crippen LogP contribution in [0.15, 0.2) is 72.8 Å². The van der Waals surface area contributed by atoms with Gasteiger partial charge in [0.15, 0.2) is 0 Å². The van der Waals surface area contributed by atoms with Crippen LogP contribution in [-0.4, -0.2) is 17.7 Å². The third kappa shape index (κ3) is 6.63. The van der Waals surface area contributed by atoms with Gasteiger partial charge in [0.2, 0.25) is 0 Å². The van der Waals surface area contributed by atoms with Gasteiger partial charge in [-0.3, -0.25) is 4.79 Å². The van der Waals surface area contributed by atoms with E-state index in [2.05, 4.69) is 0 Å². The van der Waals surface area contributed by atoms with Crippen molar-refractivity contribution >= 4 is 12.0 Å². The van der Waals surface area contributed by atoms with Crippen molar-refractivity contribution in [3.63, 3.8) is 0 Å². The summed E-state index contributed by atoms with van der Waals surface area (Å²) in [6.45, 7) is -0.124. The van der Waals surface area contributed by atoms with E-state index >= 15 is 0 Å². The third-order valence-electron chi connectivity index (χ3n) is 4.78. The minimum atomic E-state index is -4.95. The maximum Gasteiger partial charge on any atom is 0.417 e. The summed E-state index contributed by atoms with van der Waals surface area (Å²) in [6, 6.07) is 15.2. The fourth-order valence-electron chi connectivity index (χ4n) is 3.24. The average Bonchev–Trinajstić information content (AvgIpc) is 2.75. The van der Waals surface area contributed by atoms with Crippen molar-refractivity contribution in [1.82, 2.24) is 0 Å². The Labute approximate surface area is 190 Å². The lowest BCUT2D eigenvalue weighted by atomic mass is 10.0. The van der Waals surface area contributed by atoms with E-state index in [-0.39, 0.29) is 19.1 Å². The zero-order valence-electron chi connectivity index (χ0n) is 17.5. The molecule has 0 bridgehead atoms. The molecule has 0 saturated carbocycles. The summed E-state index contributed by atoms with van der Waals surface area (Å²) in [5.74, 6) is -0.544. The molecule has 0 aliphatic heterocycles. The smallest absolute Gasteiger partial charge is 0.417 e. The number of benzene rings is 3. The van der Waals surface area contributed by atoms with Gasteiger partial charge in [-0.25, -0.2) is 0 Å². The Balaban J connectivity index is 1.73. The molecule has 0 aliphatic rings. The molecule has 0 atom stereocenters. The van der Waals surface area contributed by atoms with Gasteiger partial charge in [-0.2, -0.15) is 26.3 Å². The highest BCUT2D eigenvalue weighted by Crippen LogP contribution is 2.37. The van der Waals surface area contributed by atoms with Crippen LogP contribution in [-0.2, 0) is 23.6 Å². The molecule has 34 heavy (non-hydrogen) atoms. The first-order valence-corrected chi connectivity index (χ1v) is 9.92. The summed E-state index contributed by atoms with van der Waals surface area (Å²) in [5, 5.41) is 8.95. The number of carboxylic acids is 1. The molecule has 3 nitrogen and oxygen atoms in total. The van der Waals surface area contributed by atoms with Crippen molar-refractivity contribution in [3.8, 4) is 16.9 Å². The second kappa shape index (κ2) is 10.0. The molecule has 0 unspecified atom stereocenters. The monoisotopic (exact) mass is 480 g/mol. The topological polar surface area (TPSA) is 46.5 Å². The summed E-state index contributed by atoms with van der Waals surface area (Å²) in [6.07, 6.45) is -7.63. The number of ether oxygens (including phenoxy) is 1. The normalized spacial score (nSPS) is 12.2. The van der Waals surface area contributed by atoms with E-state index in [0.717, 1.165) is 23.3 Å². The Morgan fingerprint density at radius 2 is 1.53 bits per heavy atom. The fourth-order valence-corrected chi connectivity index (χ4v) is 3.24. The highest BCUT2D eigenvalue weighted by atomic mass is 19.4. The van der Waals surface area contributed by atoms with Gasteiger partial charge in [0.1, 0.15) is 12.4 Å². The van der Waals surface area contributed by atoms with E-state index < -0.39 is 35.0 Å². The second-order valence-electron chi connectivity index (χ2n) is 7.31. The van der Waals surface area contributed by atoms with E-state index in [9.17, 15) is 31.1 Å². The number of hydrogen-bond acceptors (Lipinski definition) is 2. The lowest BCUT2D eigenvalue weighted by Crippen LogP contribution is -2.12. The maximum absolute atomic E-state index is 13.2. The lowest BCUT2D eigenvalue weighted by molar-refractivity contribution is -0.143. The molecule has 3 aromatic carbocycles. The number of hydrogen-bond donors (Lipinski definition) is 1. The molecule has 1 N–H and O–H groups in total. The molecular weight excluding hydrogens is 462 g/mol. The zero-order chi connectivity index (χ0) is 24.9. The number of aliphatic carboxylic acids is 1. The Kier molecular flexibility index (Phi) is 7.34. The van der Waals surface area contributed by atoms with E-state index in [1.54, 1.807) is 48.5 Å². The van der Waals surface area contributed by atoms with Gasteiger partial charge in [0.25, 0.3) is 0 Å². The van der Waals surface area contributed by atoms with E-state index in [1.807, 2.05) is 0 Å². The number of carboxylic acid groups (broad SMARTS) is 1. The summed E-state index contributed by atoms with van der Waals surface area (Å²) >= 11 is 0. The first-order chi connectivity index (χ1) is 15.9. The van der Waals surface area contributed by atoms with E-state index in [4.69, 9.17) is 9.84 Å². The minimum Gasteiger partial charge on any atom is -0.490 e. The van der Waals surface area contributed by atoms with Crippen LogP contribution in [0.1, 0.15) is 22.3 Å². The van der Waals surface area contributed by atoms with Crippen molar-refractivity contribution < 1.29 is 41.0 Å². The molecular formula is C25H18F6O3.